The maximum atomic E-state index is 13.1. The zero-order valence-electron chi connectivity index (χ0n) is 17.7. The smallest absolute Gasteiger partial charge is 0.281 e. The number of likely N-dealkylation sites (N-methyl/N-ethyl adjacent to an activating group) is 1. The number of nitrogens with zero attached hydrogens (tertiary/aromatic N) is 7. The van der Waals surface area contributed by atoms with Crippen LogP contribution < -0.4 is 10.2 Å². The van der Waals surface area contributed by atoms with Crippen LogP contribution in [-0.4, -0.2) is 91.0 Å². The minimum absolute atomic E-state index is 0.133. The molecular weight excluding hydrogens is 402 g/mol. The van der Waals surface area contributed by atoms with Crippen molar-refractivity contribution in [1.82, 2.24) is 25.1 Å². The first-order chi connectivity index (χ1) is 15.0. The van der Waals surface area contributed by atoms with Crippen molar-refractivity contribution in [3.05, 3.63) is 36.2 Å². The number of allylic oxidation sites excluding steroid dienone is 1. The van der Waals surface area contributed by atoms with E-state index >= 15 is 0 Å². The Balaban J connectivity index is 1.60. The highest BCUT2D eigenvalue weighted by Crippen LogP contribution is 2.31. The van der Waals surface area contributed by atoms with Crippen molar-refractivity contribution >= 4 is 24.4 Å². The van der Waals surface area contributed by atoms with E-state index < -0.39 is 6.43 Å². The first kappa shape index (κ1) is 21.5. The monoisotopic (exact) mass is 430 g/mol. The molecule has 0 amide bonds. The highest BCUT2D eigenvalue weighted by Gasteiger charge is 2.41. The molecule has 1 spiro atoms. The fourth-order valence-corrected chi connectivity index (χ4v) is 4.45. The summed E-state index contributed by atoms with van der Waals surface area (Å²) in [6.45, 7) is 8.60. The van der Waals surface area contributed by atoms with E-state index in [1.54, 1.807) is 11.1 Å². The Kier molecular flexibility index (Phi) is 6.38. The number of hydrogen-bond acceptors (Lipinski definition) is 8. The fraction of sp³-hybridized carbons (Fsp3) is 0.524. The van der Waals surface area contributed by atoms with E-state index in [2.05, 4.69) is 43.9 Å². The summed E-state index contributed by atoms with van der Waals surface area (Å²) in [6, 6.07) is 1.90. The molecule has 31 heavy (non-hydrogen) atoms. The van der Waals surface area contributed by atoms with Gasteiger partial charge in [-0.15, -0.1) is 0 Å². The van der Waals surface area contributed by atoms with Gasteiger partial charge in [0.05, 0.1) is 12.7 Å². The predicted octanol–water partition coefficient (Wildman–Crippen LogP) is 1.84. The summed E-state index contributed by atoms with van der Waals surface area (Å²) in [5.41, 5.74) is 0.338. The molecule has 4 rings (SSSR count). The molecule has 0 atom stereocenters. The number of alkyl halides is 2. The van der Waals surface area contributed by atoms with E-state index in [-0.39, 0.29) is 11.2 Å². The lowest BCUT2D eigenvalue weighted by Crippen LogP contribution is -2.64. The van der Waals surface area contributed by atoms with E-state index in [0.717, 1.165) is 51.4 Å². The number of rotatable bonds is 5. The second-order valence-electron chi connectivity index (χ2n) is 8.07. The Morgan fingerprint density at radius 2 is 2.13 bits per heavy atom. The van der Waals surface area contributed by atoms with Crippen LogP contribution in [0.15, 0.2) is 40.3 Å². The van der Waals surface area contributed by atoms with Gasteiger partial charge in [-0.3, -0.25) is 14.9 Å². The van der Waals surface area contributed by atoms with Crippen LogP contribution in [0.2, 0.25) is 0 Å². The van der Waals surface area contributed by atoms with E-state index in [1.165, 1.54) is 18.6 Å². The zero-order chi connectivity index (χ0) is 21.8. The van der Waals surface area contributed by atoms with Crippen LogP contribution in [0.4, 0.5) is 14.6 Å². The predicted molar refractivity (Wildman–Crippen MR) is 119 cm³/mol. The number of piperidine rings is 1. The molecule has 8 nitrogen and oxygen atoms in total. The third kappa shape index (κ3) is 4.49. The van der Waals surface area contributed by atoms with Crippen molar-refractivity contribution in [2.75, 3.05) is 51.2 Å². The molecule has 3 aliphatic rings. The van der Waals surface area contributed by atoms with Crippen molar-refractivity contribution < 1.29 is 8.78 Å². The Hall–Kier alpha value is -2.72. The normalized spacial score (nSPS) is 22.2. The quantitative estimate of drug-likeness (QED) is 0.719. The molecule has 0 aliphatic carbocycles. The number of anilines is 1. The van der Waals surface area contributed by atoms with Crippen LogP contribution in [0.1, 0.15) is 18.7 Å². The van der Waals surface area contributed by atoms with E-state index in [4.69, 9.17) is 4.98 Å². The van der Waals surface area contributed by atoms with Crippen LogP contribution in [0.5, 0.6) is 0 Å². The number of nitrogens with one attached hydrogen (secondary N) is 1. The lowest BCUT2D eigenvalue weighted by atomic mass is 9.84. The van der Waals surface area contributed by atoms with Crippen molar-refractivity contribution in [3.8, 4) is 0 Å². The molecule has 1 N–H and O–H groups in total. The van der Waals surface area contributed by atoms with Crippen LogP contribution >= 0.6 is 0 Å². The van der Waals surface area contributed by atoms with Gasteiger partial charge >= 0.3 is 0 Å². The number of aliphatic imine (C=N–C) groups is 2. The third-order valence-electron chi connectivity index (χ3n) is 6.28. The molecule has 0 bridgehead atoms. The van der Waals surface area contributed by atoms with Crippen LogP contribution in [0.3, 0.4) is 0 Å². The van der Waals surface area contributed by atoms with Crippen molar-refractivity contribution in [3.63, 3.8) is 0 Å². The second kappa shape index (κ2) is 9.19. The molecule has 2 fully saturated rings. The summed E-state index contributed by atoms with van der Waals surface area (Å²) >= 11 is 0. The van der Waals surface area contributed by atoms with Gasteiger partial charge in [-0.25, -0.2) is 18.7 Å². The lowest BCUT2D eigenvalue weighted by molar-refractivity contribution is 0.0696. The fourth-order valence-electron chi connectivity index (χ4n) is 4.45. The highest BCUT2D eigenvalue weighted by atomic mass is 19.3. The SMILES string of the molecule is C=N/C=C(/c1nccc(N2CCN(C)C3(CCNCC3)C2)n1)N1C=C(C(F)F)N=CC1. The maximum absolute atomic E-state index is 13.1. The molecule has 3 aliphatic heterocycles. The molecule has 0 saturated carbocycles. The lowest BCUT2D eigenvalue weighted by Gasteiger charge is -2.51. The molecule has 0 unspecified atom stereocenters. The van der Waals surface area contributed by atoms with Gasteiger partial charge in [-0.1, -0.05) is 0 Å². The van der Waals surface area contributed by atoms with Crippen molar-refractivity contribution in [2.45, 2.75) is 24.8 Å². The maximum Gasteiger partial charge on any atom is 0.281 e. The number of hydrogen-bond donors (Lipinski definition) is 1. The Bertz CT molecular complexity index is 891. The Labute approximate surface area is 181 Å². The van der Waals surface area contributed by atoms with Crippen LogP contribution in [0, 0.1) is 0 Å². The van der Waals surface area contributed by atoms with Gasteiger partial charge in [-0.2, -0.15) is 0 Å². The van der Waals surface area contributed by atoms with Gasteiger partial charge in [0.25, 0.3) is 6.43 Å². The van der Waals surface area contributed by atoms with Gasteiger partial charge < -0.3 is 15.1 Å². The van der Waals surface area contributed by atoms with Gasteiger partial charge in [0.2, 0.25) is 0 Å². The van der Waals surface area contributed by atoms with Gasteiger partial charge in [0.1, 0.15) is 17.2 Å². The minimum atomic E-state index is -2.66. The molecule has 1 aromatic rings. The summed E-state index contributed by atoms with van der Waals surface area (Å²) in [7, 11) is 2.20. The summed E-state index contributed by atoms with van der Waals surface area (Å²) in [5.74, 6) is 1.25. The van der Waals surface area contributed by atoms with Crippen molar-refractivity contribution in [2.24, 2.45) is 9.98 Å². The summed E-state index contributed by atoms with van der Waals surface area (Å²) in [4.78, 5) is 23.2. The number of halogens is 2. The standard InChI is InChI=1S/C21H28F2N8/c1-24-13-17(30-10-9-26-16(14-30)19(22)23)20-27-6-3-18(28-20)31-12-11-29(2)21(15-31)4-7-25-8-5-21/h3,6,9,13-14,19,25H,1,4-5,7-8,10-12,15H2,2H3/b17-13-. The van der Waals surface area contributed by atoms with Crippen LogP contribution in [0.25, 0.3) is 5.70 Å². The average Bonchev–Trinajstić information content (AvgIpc) is 2.80. The van der Waals surface area contributed by atoms with Gasteiger partial charge in [0.15, 0.2) is 5.82 Å². The molecule has 0 aromatic carbocycles. The Morgan fingerprint density at radius 1 is 1.32 bits per heavy atom. The molecule has 10 heteroatoms. The van der Waals surface area contributed by atoms with Crippen LogP contribution in [-0.2, 0) is 0 Å². The Morgan fingerprint density at radius 3 is 2.87 bits per heavy atom. The van der Waals surface area contributed by atoms with E-state index in [9.17, 15) is 8.78 Å². The molecule has 0 radical (unpaired) electrons. The molecule has 2 saturated heterocycles. The number of piperazine rings is 1. The van der Waals surface area contributed by atoms with E-state index in [0.29, 0.717) is 18.1 Å². The number of aromatic nitrogens is 2. The second-order valence-corrected chi connectivity index (χ2v) is 8.07. The first-order valence-electron chi connectivity index (χ1n) is 10.5. The van der Waals surface area contributed by atoms with Gasteiger partial charge in [0, 0.05) is 43.8 Å². The summed E-state index contributed by atoms with van der Waals surface area (Å²) in [5, 5.41) is 3.45. The molecule has 4 heterocycles. The molecule has 1 aromatic heterocycles. The van der Waals surface area contributed by atoms with Crippen molar-refractivity contribution in [1.29, 1.82) is 0 Å². The average molecular weight is 431 g/mol. The summed E-state index contributed by atoms with van der Waals surface area (Å²) in [6.07, 6.45) is 5.50. The highest BCUT2D eigenvalue weighted by molar-refractivity contribution is 5.70. The topological polar surface area (TPSA) is 72.2 Å². The zero-order valence-corrected chi connectivity index (χ0v) is 17.7. The van der Waals surface area contributed by atoms with Gasteiger partial charge in [-0.05, 0) is 45.8 Å². The largest absolute Gasteiger partial charge is 0.353 e. The summed E-state index contributed by atoms with van der Waals surface area (Å²) < 4.78 is 26.3. The first-order valence-corrected chi connectivity index (χ1v) is 10.5. The molecular formula is C21H28F2N8. The minimum Gasteiger partial charge on any atom is -0.353 e. The third-order valence-corrected chi connectivity index (χ3v) is 6.28. The van der Waals surface area contributed by atoms with E-state index in [1.807, 2.05) is 6.07 Å². The molecule has 166 valence electrons.